The van der Waals surface area contributed by atoms with Crippen LogP contribution in [0.4, 0.5) is 10.5 Å². The van der Waals surface area contributed by atoms with Crippen LogP contribution in [-0.2, 0) is 0 Å². The average Bonchev–Trinajstić information content (AvgIpc) is 3.36. The van der Waals surface area contributed by atoms with E-state index in [4.69, 9.17) is 0 Å². The van der Waals surface area contributed by atoms with Gasteiger partial charge in [0.1, 0.15) is 0 Å². The van der Waals surface area contributed by atoms with Gasteiger partial charge >= 0.3 is 6.03 Å². The third-order valence-corrected chi connectivity index (χ3v) is 5.30. The number of carbonyl (C=O) groups excluding carboxylic acids is 1. The molecule has 3 aromatic rings. The number of amides is 2. The van der Waals surface area contributed by atoms with Crippen molar-refractivity contribution in [1.29, 1.82) is 0 Å². The molecule has 6 nitrogen and oxygen atoms in total. The van der Waals surface area contributed by atoms with Gasteiger partial charge in [-0.05, 0) is 65.4 Å². The SMILES string of the molecule is O=C(Nc1ccc(-n2ccnn2)cc1)N1CCC(c2ccsc2)CC1. The molecule has 3 heterocycles. The molecule has 0 spiro atoms. The van der Waals surface area contributed by atoms with E-state index in [0.29, 0.717) is 5.92 Å². The van der Waals surface area contributed by atoms with Gasteiger partial charge < -0.3 is 10.2 Å². The molecule has 1 aromatic carbocycles. The number of carbonyl (C=O) groups is 1. The summed E-state index contributed by atoms with van der Waals surface area (Å²) in [6, 6.07) is 9.75. The Labute approximate surface area is 150 Å². The lowest BCUT2D eigenvalue weighted by Crippen LogP contribution is -2.40. The van der Waals surface area contributed by atoms with E-state index in [9.17, 15) is 4.79 Å². The molecule has 1 aliphatic heterocycles. The summed E-state index contributed by atoms with van der Waals surface area (Å²) < 4.78 is 1.68. The Hall–Kier alpha value is -2.67. The van der Waals surface area contributed by atoms with Gasteiger partial charge in [-0.25, -0.2) is 9.48 Å². The maximum absolute atomic E-state index is 12.5. The first-order chi connectivity index (χ1) is 12.3. The summed E-state index contributed by atoms with van der Waals surface area (Å²) in [4.78, 5) is 14.4. The molecule has 1 aliphatic rings. The van der Waals surface area contributed by atoms with Crippen LogP contribution in [0.15, 0.2) is 53.5 Å². The van der Waals surface area contributed by atoms with Gasteiger partial charge in [0.15, 0.2) is 0 Å². The number of piperidine rings is 1. The second kappa shape index (κ2) is 7.06. The van der Waals surface area contributed by atoms with E-state index in [0.717, 1.165) is 37.3 Å². The number of urea groups is 1. The van der Waals surface area contributed by atoms with Gasteiger partial charge in [-0.3, -0.25) is 0 Å². The fourth-order valence-electron chi connectivity index (χ4n) is 3.17. The van der Waals surface area contributed by atoms with Crippen molar-refractivity contribution in [3.8, 4) is 5.69 Å². The van der Waals surface area contributed by atoms with Crippen LogP contribution in [0.25, 0.3) is 5.69 Å². The third kappa shape index (κ3) is 3.56. The third-order valence-electron chi connectivity index (χ3n) is 4.60. The molecule has 1 saturated heterocycles. The molecule has 7 heteroatoms. The lowest BCUT2D eigenvalue weighted by molar-refractivity contribution is 0.194. The molecule has 25 heavy (non-hydrogen) atoms. The summed E-state index contributed by atoms with van der Waals surface area (Å²) >= 11 is 1.74. The summed E-state index contributed by atoms with van der Waals surface area (Å²) in [7, 11) is 0. The number of nitrogens with zero attached hydrogens (tertiary/aromatic N) is 4. The topological polar surface area (TPSA) is 63.1 Å². The lowest BCUT2D eigenvalue weighted by atomic mass is 9.91. The largest absolute Gasteiger partial charge is 0.324 e. The first-order valence-corrected chi connectivity index (χ1v) is 9.28. The maximum Gasteiger partial charge on any atom is 0.321 e. The molecule has 0 saturated carbocycles. The van der Waals surface area contributed by atoms with Crippen molar-refractivity contribution in [3.05, 3.63) is 59.0 Å². The van der Waals surface area contributed by atoms with E-state index in [-0.39, 0.29) is 6.03 Å². The molecule has 0 aliphatic carbocycles. The zero-order chi connectivity index (χ0) is 17.1. The number of thiophene rings is 1. The summed E-state index contributed by atoms with van der Waals surface area (Å²) in [5.41, 5.74) is 3.11. The van der Waals surface area contributed by atoms with Gasteiger partial charge in [-0.15, -0.1) is 5.10 Å². The van der Waals surface area contributed by atoms with Crippen LogP contribution >= 0.6 is 11.3 Å². The highest BCUT2D eigenvalue weighted by atomic mass is 32.1. The van der Waals surface area contributed by atoms with Gasteiger partial charge in [-0.1, -0.05) is 5.21 Å². The van der Waals surface area contributed by atoms with Crippen LogP contribution < -0.4 is 5.32 Å². The zero-order valence-electron chi connectivity index (χ0n) is 13.7. The normalized spacial score (nSPS) is 15.3. The van der Waals surface area contributed by atoms with Gasteiger partial charge in [0, 0.05) is 18.8 Å². The molecule has 128 valence electrons. The van der Waals surface area contributed by atoms with Crippen molar-refractivity contribution in [2.24, 2.45) is 0 Å². The highest BCUT2D eigenvalue weighted by molar-refractivity contribution is 7.07. The van der Waals surface area contributed by atoms with E-state index in [2.05, 4.69) is 32.5 Å². The van der Waals surface area contributed by atoms with E-state index in [1.54, 1.807) is 28.4 Å². The van der Waals surface area contributed by atoms with Crippen LogP contribution in [0.1, 0.15) is 24.3 Å². The second-order valence-corrected chi connectivity index (χ2v) is 6.92. The van der Waals surface area contributed by atoms with Crippen molar-refractivity contribution in [1.82, 2.24) is 19.9 Å². The monoisotopic (exact) mass is 353 g/mol. The Bertz CT molecular complexity index is 806. The lowest BCUT2D eigenvalue weighted by Gasteiger charge is -2.31. The van der Waals surface area contributed by atoms with Gasteiger partial charge in [0.2, 0.25) is 0 Å². The van der Waals surface area contributed by atoms with Crippen LogP contribution in [0.3, 0.4) is 0 Å². The molecule has 2 aromatic heterocycles. The first-order valence-electron chi connectivity index (χ1n) is 8.34. The van der Waals surface area contributed by atoms with E-state index >= 15 is 0 Å². The molecule has 0 radical (unpaired) electrons. The van der Waals surface area contributed by atoms with Crippen LogP contribution in [0.2, 0.25) is 0 Å². The van der Waals surface area contributed by atoms with E-state index in [1.807, 2.05) is 29.2 Å². The Morgan fingerprint density at radius 1 is 1.16 bits per heavy atom. The van der Waals surface area contributed by atoms with Crippen molar-refractivity contribution in [2.45, 2.75) is 18.8 Å². The van der Waals surface area contributed by atoms with Crippen LogP contribution in [0, 0.1) is 0 Å². The maximum atomic E-state index is 12.5. The van der Waals surface area contributed by atoms with Crippen LogP contribution in [-0.4, -0.2) is 39.0 Å². The molecule has 1 fully saturated rings. The number of anilines is 1. The first kappa shape index (κ1) is 15.8. The summed E-state index contributed by atoms with van der Waals surface area (Å²) in [5, 5.41) is 15.1. The van der Waals surface area contributed by atoms with Crippen molar-refractivity contribution in [2.75, 3.05) is 18.4 Å². The highest BCUT2D eigenvalue weighted by Crippen LogP contribution is 2.29. The molecule has 2 amide bonds. The Morgan fingerprint density at radius 3 is 2.60 bits per heavy atom. The van der Waals surface area contributed by atoms with Crippen molar-refractivity contribution < 1.29 is 4.79 Å². The standard InChI is InChI=1S/C18H19N5OS/c24-18(22-9-5-14(6-10-22)15-7-12-25-13-15)20-16-1-3-17(4-2-16)23-11-8-19-21-23/h1-4,7-8,11-14H,5-6,9-10H2,(H,20,24). The van der Waals surface area contributed by atoms with E-state index in [1.165, 1.54) is 5.56 Å². The predicted octanol–water partition coefficient (Wildman–Crippen LogP) is 3.74. The van der Waals surface area contributed by atoms with E-state index < -0.39 is 0 Å². The van der Waals surface area contributed by atoms with Gasteiger partial charge in [0.25, 0.3) is 0 Å². The quantitative estimate of drug-likeness (QED) is 0.780. The molecule has 4 rings (SSSR count). The second-order valence-electron chi connectivity index (χ2n) is 6.14. The molecular formula is C18H19N5OS. The summed E-state index contributed by atoms with van der Waals surface area (Å²) in [6.45, 7) is 1.59. The minimum atomic E-state index is -0.0303. The number of aromatic nitrogens is 3. The zero-order valence-corrected chi connectivity index (χ0v) is 14.5. The number of benzene rings is 1. The smallest absolute Gasteiger partial charge is 0.321 e. The molecule has 0 bridgehead atoms. The molecular weight excluding hydrogens is 334 g/mol. The Morgan fingerprint density at radius 2 is 1.96 bits per heavy atom. The van der Waals surface area contributed by atoms with Gasteiger partial charge in [0.05, 0.1) is 18.1 Å². The predicted molar refractivity (Wildman–Crippen MR) is 98.2 cm³/mol. The Kier molecular flexibility index (Phi) is 4.47. The number of hydrogen-bond donors (Lipinski definition) is 1. The fourth-order valence-corrected chi connectivity index (χ4v) is 3.91. The average molecular weight is 353 g/mol. The molecule has 0 unspecified atom stereocenters. The van der Waals surface area contributed by atoms with Crippen LogP contribution in [0.5, 0.6) is 0 Å². The summed E-state index contributed by atoms with van der Waals surface area (Å²) in [6.07, 6.45) is 5.46. The number of nitrogens with one attached hydrogen (secondary N) is 1. The minimum absolute atomic E-state index is 0.0303. The Balaban J connectivity index is 1.33. The minimum Gasteiger partial charge on any atom is -0.324 e. The number of rotatable bonds is 3. The summed E-state index contributed by atoms with van der Waals surface area (Å²) in [5.74, 6) is 0.581. The molecule has 0 atom stereocenters. The van der Waals surface area contributed by atoms with Gasteiger partial charge in [-0.2, -0.15) is 11.3 Å². The molecule has 1 N–H and O–H groups in total. The van der Waals surface area contributed by atoms with Crippen molar-refractivity contribution in [3.63, 3.8) is 0 Å². The number of likely N-dealkylation sites (tertiary alicyclic amines) is 1. The number of hydrogen-bond acceptors (Lipinski definition) is 4. The highest BCUT2D eigenvalue weighted by Gasteiger charge is 2.24. The van der Waals surface area contributed by atoms with Crippen molar-refractivity contribution >= 4 is 23.1 Å². The fraction of sp³-hybridized carbons (Fsp3) is 0.278.